The Labute approximate surface area is 206 Å². The van der Waals surface area contributed by atoms with Crippen molar-refractivity contribution in [1.82, 2.24) is 10.2 Å². The van der Waals surface area contributed by atoms with Gasteiger partial charge in [-0.15, -0.1) is 0 Å². The number of ether oxygens (including phenoxy) is 1. The molecule has 0 bridgehead atoms. The van der Waals surface area contributed by atoms with Gasteiger partial charge in [-0.2, -0.15) is 0 Å². The number of carbonyl (C=O) groups is 2. The number of rotatable bonds is 10. The summed E-state index contributed by atoms with van der Waals surface area (Å²) in [6, 6.07) is 23.8. The minimum Gasteiger partial charge on any atom is -0.497 e. The van der Waals surface area contributed by atoms with Crippen LogP contribution in [0.1, 0.15) is 30.5 Å². The molecule has 0 spiro atoms. The fourth-order valence-corrected chi connectivity index (χ4v) is 4.01. The zero-order valence-corrected chi connectivity index (χ0v) is 20.6. The number of halogens is 1. The SMILES string of the molecule is COc1cccc(CN(C(=O)Cc2ccccc2Cl)[C@@H](Cc2ccccc2)C(=O)NC(C)C)c1. The lowest BCUT2D eigenvalue weighted by Gasteiger charge is -2.32. The van der Waals surface area contributed by atoms with E-state index in [1.165, 1.54) is 0 Å². The second-order valence-electron chi connectivity index (χ2n) is 8.51. The third-order valence-corrected chi connectivity index (χ3v) is 5.86. The standard InChI is InChI=1S/C28H31ClN2O3/c1-20(2)30-28(33)26(17-21-10-5-4-6-11-21)31(19-22-12-9-14-24(16-22)34-3)27(32)18-23-13-7-8-15-25(23)29/h4-16,20,26H,17-19H2,1-3H3,(H,30,33)/t26-/m0/s1. The summed E-state index contributed by atoms with van der Waals surface area (Å²) in [6.45, 7) is 4.09. The Kier molecular flexibility index (Phi) is 9.11. The number of nitrogens with one attached hydrogen (secondary N) is 1. The molecule has 0 radical (unpaired) electrons. The Hall–Kier alpha value is -3.31. The van der Waals surface area contributed by atoms with Gasteiger partial charge in [0.05, 0.1) is 13.5 Å². The normalized spacial score (nSPS) is 11.7. The molecule has 3 aromatic rings. The molecule has 0 fully saturated rings. The Morgan fingerprint density at radius 1 is 0.941 bits per heavy atom. The van der Waals surface area contributed by atoms with Gasteiger partial charge in [0.15, 0.2) is 0 Å². The summed E-state index contributed by atoms with van der Waals surface area (Å²) in [5, 5.41) is 3.53. The van der Waals surface area contributed by atoms with Crippen molar-refractivity contribution in [2.45, 2.75) is 45.3 Å². The maximum Gasteiger partial charge on any atom is 0.243 e. The zero-order chi connectivity index (χ0) is 24.5. The summed E-state index contributed by atoms with van der Waals surface area (Å²) in [5.74, 6) is 0.340. The van der Waals surface area contributed by atoms with Crippen LogP contribution < -0.4 is 10.1 Å². The molecular weight excluding hydrogens is 448 g/mol. The lowest BCUT2D eigenvalue weighted by Crippen LogP contribution is -2.52. The van der Waals surface area contributed by atoms with Gasteiger partial charge in [-0.1, -0.05) is 72.3 Å². The van der Waals surface area contributed by atoms with Crippen LogP contribution in [-0.4, -0.2) is 35.9 Å². The Morgan fingerprint density at radius 2 is 1.62 bits per heavy atom. The lowest BCUT2D eigenvalue weighted by atomic mass is 10.0. The minimum absolute atomic E-state index is 0.0527. The van der Waals surface area contributed by atoms with Crippen LogP contribution >= 0.6 is 11.6 Å². The minimum atomic E-state index is -0.689. The number of amides is 2. The first-order valence-electron chi connectivity index (χ1n) is 11.4. The molecule has 0 aliphatic carbocycles. The highest BCUT2D eigenvalue weighted by atomic mass is 35.5. The molecule has 2 amide bonds. The first kappa shape index (κ1) is 25.3. The maximum absolute atomic E-state index is 13.7. The van der Waals surface area contributed by atoms with Crippen LogP contribution in [0.3, 0.4) is 0 Å². The van der Waals surface area contributed by atoms with E-state index < -0.39 is 6.04 Å². The molecule has 1 N–H and O–H groups in total. The summed E-state index contributed by atoms with van der Waals surface area (Å²) in [7, 11) is 1.60. The van der Waals surface area contributed by atoms with Gasteiger partial charge in [0, 0.05) is 24.0 Å². The fraction of sp³-hybridized carbons (Fsp3) is 0.286. The van der Waals surface area contributed by atoms with Gasteiger partial charge in [-0.25, -0.2) is 0 Å². The molecule has 178 valence electrons. The van der Waals surface area contributed by atoms with Crippen molar-refractivity contribution < 1.29 is 14.3 Å². The number of benzene rings is 3. The van der Waals surface area contributed by atoms with E-state index in [-0.39, 0.29) is 30.8 Å². The van der Waals surface area contributed by atoms with Crippen LogP contribution in [0.4, 0.5) is 0 Å². The van der Waals surface area contributed by atoms with Crippen LogP contribution in [0, 0.1) is 0 Å². The van der Waals surface area contributed by atoms with Crippen LogP contribution in [0.2, 0.25) is 5.02 Å². The van der Waals surface area contributed by atoms with Crippen molar-refractivity contribution in [1.29, 1.82) is 0 Å². The molecule has 6 heteroatoms. The van der Waals surface area contributed by atoms with E-state index >= 15 is 0 Å². The molecule has 0 heterocycles. The topological polar surface area (TPSA) is 58.6 Å². The van der Waals surface area contributed by atoms with E-state index in [2.05, 4.69) is 5.32 Å². The predicted molar refractivity (Wildman–Crippen MR) is 136 cm³/mol. The summed E-state index contributed by atoms with van der Waals surface area (Å²) >= 11 is 6.35. The molecule has 5 nitrogen and oxygen atoms in total. The summed E-state index contributed by atoms with van der Waals surface area (Å²) in [6.07, 6.45) is 0.502. The van der Waals surface area contributed by atoms with Gasteiger partial charge < -0.3 is 15.0 Å². The van der Waals surface area contributed by atoms with E-state index in [4.69, 9.17) is 16.3 Å². The molecule has 0 unspecified atom stereocenters. The van der Waals surface area contributed by atoms with E-state index in [1.807, 2.05) is 86.6 Å². The summed E-state index contributed by atoms with van der Waals surface area (Å²) in [4.78, 5) is 28.7. The highest BCUT2D eigenvalue weighted by Gasteiger charge is 2.31. The molecule has 3 aromatic carbocycles. The first-order valence-corrected chi connectivity index (χ1v) is 11.7. The number of hydrogen-bond donors (Lipinski definition) is 1. The van der Waals surface area contributed by atoms with Gasteiger partial charge in [0.2, 0.25) is 11.8 Å². The Balaban J connectivity index is 1.99. The molecule has 0 aromatic heterocycles. The van der Waals surface area contributed by atoms with Gasteiger partial charge in [-0.3, -0.25) is 9.59 Å². The van der Waals surface area contributed by atoms with Gasteiger partial charge >= 0.3 is 0 Å². The van der Waals surface area contributed by atoms with Gasteiger partial charge in [0.25, 0.3) is 0 Å². The molecule has 34 heavy (non-hydrogen) atoms. The summed E-state index contributed by atoms with van der Waals surface area (Å²) < 4.78 is 5.36. The second-order valence-corrected chi connectivity index (χ2v) is 8.92. The molecule has 3 rings (SSSR count). The van der Waals surface area contributed by atoms with Crippen molar-refractivity contribution in [3.8, 4) is 5.75 Å². The maximum atomic E-state index is 13.7. The highest BCUT2D eigenvalue weighted by molar-refractivity contribution is 6.31. The first-order chi connectivity index (χ1) is 16.4. The Bertz CT molecular complexity index is 1100. The molecule has 1 atom stereocenters. The number of carbonyl (C=O) groups excluding carboxylic acids is 2. The average Bonchev–Trinajstić information content (AvgIpc) is 2.83. The number of methoxy groups -OCH3 is 1. The van der Waals surface area contributed by atoms with Crippen LogP contribution in [0.5, 0.6) is 5.75 Å². The largest absolute Gasteiger partial charge is 0.497 e. The quantitative estimate of drug-likeness (QED) is 0.443. The van der Waals surface area contributed by atoms with Crippen LogP contribution in [0.15, 0.2) is 78.9 Å². The highest BCUT2D eigenvalue weighted by Crippen LogP contribution is 2.21. The smallest absolute Gasteiger partial charge is 0.243 e. The van der Waals surface area contributed by atoms with E-state index in [0.29, 0.717) is 17.2 Å². The molecule has 0 saturated heterocycles. The zero-order valence-electron chi connectivity index (χ0n) is 19.8. The van der Waals surface area contributed by atoms with Crippen LogP contribution in [-0.2, 0) is 29.0 Å². The van der Waals surface area contributed by atoms with Crippen molar-refractivity contribution in [3.05, 3.63) is 101 Å². The van der Waals surface area contributed by atoms with E-state index in [1.54, 1.807) is 18.1 Å². The lowest BCUT2D eigenvalue weighted by molar-refractivity contribution is -0.141. The van der Waals surface area contributed by atoms with E-state index in [9.17, 15) is 9.59 Å². The van der Waals surface area contributed by atoms with E-state index in [0.717, 1.165) is 16.7 Å². The fourth-order valence-electron chi connectivity index (χ4n) is 3.81. The average molecular weight is 479 g/mol. The monoisotopic (exact) mass is 478 g/mol. The number of hydrogen-bond acceptors (Lipinski definition) is 3. The molecule has 0 aliphatic rings. The Morgan fingerprint density at radius 3 is 2.29 bits per heavy atom. The van der Waals surface area contributed by atoms with Crippen molar-refractivity contribution in [3.63, 3.8) is 0 Å². The van der Waals surface area contributed by atoms with Crippen LogP contribution in [0.25, 0.3) is 0 Å². The van der Waals surface area contributed by atoms with Gasteiger partial charge in [-0.05, 0) is 48.7 Å². The molecular formula is C28H31ClN2O3. The molecule has 0 aliphatic heterocycles. The van der Waals surface area contributed by atoms with Gasteiger partial charge in [0.1, 0.15) is 11.8 Å². The molecule has 0 saturated carbocycles. The predicted octanol–water partition coefficient (Wildman–Crippen LogP) is 5.06. The third-order valence-electron chi connectivity index (χ3n) is 5.49. The van der Waals surface area contributed by atoms with Crippen molar-refractivity contribution in [2.24, 2.45) is 0 Å². The summed E-state index contributed by atoms with van der Waals surface area (Å²) in [5.41, 5.74) is 2.59. The third kappa shape index (κ3) is 7.09. The van der Waals surface area contributed by atoms with Crippen molar-refractivity contribution >= 4 is 23.4 Å². The number of nitrogens with zero attached hydrogens (tertiary/aromatic N) is 1. The second kappa shape index (κ2) is 12.2. The van der Waals surface area contributed by atoms with Crippen molar-refractivity contribution in [2.75, 3.05) is 7.11 Å².